The first-order valence-electron chi connectivity index (χ1n) is 7.67. The van der Waals surface area contributed by atoms with Crippen molar-refractivity contribution in [1.82, 2.24) is 10.2 Å². The van der Waals surface area contributed by atoms with Crippen LogP contribution in [0.15, 0.2) is 12.1 Å². The number of nitrogens with one attached hydrogen (secondary N) is 1. The second kappa shape index (κ2) is 5.60. The van der Waals surface area contributed by atoms with Crippen LogP contribution in [0.2, 0.25) is 0 Å². The number of hydrogen-bond acceptors (Lipinski definition) is 5. The minimum absolute atomic E-state index is 0.192. The summed E-state index contributed by atoms with van der Waals surface area (Å²) in [6.07, 6.45) is 6.33. The third-order valence-corrected chi connectivity index (χ3v) is 4.93. The predicted molar refractivity (Wildman–Crippen MR) is 78.9 cm³/mol. The summed E-state index contributed by atoms with van der Waals surface area (Å²) >= 11 is 0. The van der Waals surface area contributed by atoms with Crippen molar-refractivity contribution in [2.75, 3.05) is 11.9 Å². The van der Waals surface area contributed by atoms with Crippen molar-refractivity contribution in [2.45, 2.75) is 51.2 Å². The number of nitrogens with two attached hydrogens (primary N) is 1. The molecular weight excluding hydrogens is 268 g/mol. The molecule has 3 rings (SSSR count). The van der Waals surface area contributed by atoms with E-state index in [0.717, 1.165) is 13.0 Å². The Labute approximate surface area is 124 Å². The topological polar surface area (TPSA) is 90.1 Å². The average molecular weight is 290 g/mol. The first-order valence-corrected chi connectivity index (χ1v) is 7.67. The molecule has 3 N–H and O–H groups in total. The highest BCUT2D eigenvalue weighted by atomic mass is 16.5. The van der Waals surface area contributed by atoms with E-state index >= 15 is 0 Å². The maximum absolute atomic E-state index is 11.0. The van der Waals surface area contributed by atoms with Gasteiger partial charge in [-0.2, -0.15) is 0 Å². The minimum atomic E-state index is -0.554. The molecule has 6 heteroatoms. The van der Waals surface area contributed by atoms with Crippen LogP contribution in [0.25, 0.3) is 0 Å². The van der Waals surface area contributed by atoms with Crippen molar-refractivity contribution in [3.63, 3.8) is 0 Å². The van der Waals surface area contributed by atoms with Crippen molar-refractivity contribution in [2.24, 2.45) is 11.1 Å². The van der Waals surface area contributed by atoms with Gasteiger partial charge in [-0.25, -0.2) is 0 Å². The number of anilines is 1. The Morgan fingerprint density at radius 1 is 1.43 bits per heavy atom. The van der Waals surface area contributed by atoms with Crippen molar-refractivity contribution in [1.29, 1.82) is 0 Å². The van der Waals surface area contributed by atoms with E-state index in [9.17, 15) is 4.79 Å². The smallest absolute Gasteiger partial charge is 0.269 e. The molecule has 1 heterocycles. The highest BCUT2D eigenvalue weighted by molar-refractivity contribution is 5.90. The van der Waals surface area contributed by atoms with Crippen LogP contribution in [0, 0.1) is 5.41 Å². The standard InChI is InChI=1S/C15H22N4O2/c1-2-21-12-9-11(15(12)7-3-4-8-15)17-13-6-5-10(14(16)20)18-19-13/h5-6,11-12H,2-4,7-9H2,1H3,(H2,16,20)(H,17,19)/t11-,12-/m0/s1. The molecule has 0 bridgehead atoms. The van der Waals surface area contributed by atoms with Crippen molar-refractivity contribution in [3.8, 4) is 0 Å². The van der Waals surface area contributed by atoms with Gasteiger partial charge in [-0.05, 0) is 38.3 Å². The summed E-state index contributed by atoms with van der Waals surface area (Å²) in [7, 11) is 0. The fraction of sp³-hybridized carbons (Fsp3) is 0.667. The van der Waals surface area contributed by atoms with Crippen LogP contribution < -0.4 is 11.1 Å². The zero-order chi connectivity index (χ0) is 14.9. The summed E-state index contributed by atoms with van der Waals surface area (Å²) < 4.78 is 5.90. The zero-order valence-electron chi connectivity index (χ0n) is 12.3. The van der Waals surface area contributed by atoms with Gasteiger partial charge in [0.1, 0.15) is 5.82 Å². The number of hydrogen-bond donors (Lipinski definition) is 2. The summed E-state index contributed by atoms with van der Waals surface area (Å²) in [5.41, 5.74) is 5.61. The van der Waals surface area contributed by atoms with Gasteiger partial charge >= 0.3 is 0 Å². The van der Waals surface area contributed by atoms with Crippen LogP contribution in [0.4, 0.5) is 5.82 Å². The summed E-state index contributed by atoms with van der Waals surface area (Å²) in [6, 6.07) is 3.76. The second-order valence-electron chi connectivity index (χ2n) is 5.98. The second-order valence-corrected chi connectivity index (χ2v) is 5.98. The van der Waals surface area contributed by atoms with Crippen molar-refractivity contribution < 1.29 is 9.53 Å². The van der Waals surface area contributed by atoms with E-state index < -0.39 is 5.91 Å². The Bertz CT molecular complexity index is 511. The molecule has 1 amide bonds. The lowest BCUT2D eigenvalue weighted by Crippen LogP contribution is -2.60. The highest BCUT2D eigenvalue weighted by Gasteiger charge is 2.56. The molecule has 1 aromatic heterocycles. The average Bonchev–Trinajstić information content (AvgIpc) is 2.99. The molecule has 2 aliphatic rings. The summed E-state index contributed by atoms with van der Waals surface area (Å²) in [6.45, 7) is 2.82. The van der Waals surface area contributed by atoms with Crippen LogP contribution in [-0.4, -0.2) is 34.9 Å². The molecule has 6 nitrogen and oxygen atoms in total. The number of aromatic nitrogens is 2. The van der Waals surface area contributed by atoms with Crippen molar-refractivity contribution in [3.05, 3.63) is 17.8 Å². The van der Waals surface area contributed by atoms with E-state index in [0.29, 0.717) is 18.0 Å². The van der Waals surface area contributed by atoms with Gasteiger partial charge in [-0.15, -0.1) is 10.2 Å². The largest absolute Gasteiger partial charge is 0.378 e. The van der Waals surface area contributed by atoms with Gasteiger partial charge in [0, 0.05) is 18.1 Å². The number of amides is 1. The first kappa shape index (κ1) is 14.3. The number of primary amides is 1. The van der Waals surface area contributed by atoms with Crippen molar-refractivity contribution >= 4 is 11.7 Å². The number of carbonyl (C=O) groups is 1. The number of rotatable bonds is 5. The Kier molecular flexibility index (Phi) is 3.80. The summed E-state index contributed by atoms with van der Waals surface area (Å²) in [5, 5.41) is 11.3. The van der Waals surface area contributed by atoms with Gasteiger partial charge in [0.25, 0.3) is 5.91 Å². The Morgan fingerprint density at radius 2 is 2.19 bits per heavy atom. The van der Waals surface area contributed by atoms with E-state index in [1.807, 2.05) is 0 Å². The monoisotopic (exact) mass is 290 g/mol. The molecule has 21 heavy (non-hydrogen) atoms. The van der Waals surface area contributed by atoms with E-state index in [2.05, 4.69) is 22.4 Å². The van der Waals surface area contributed by atoms with E-state index in [1.165, 1.54) is 25.7 Å². The molecule has 0 aromatic carbocycles. The SMILES string of the molecule is CCO[C@H]1C[C@H](Nc2ccc(C(N)=O)nn2)C12CCCC2. The first-order chi connectivity index (χ1) is 10.2. The molecule has 0 saturated heterocycles. The maximum atomic E-state index is 11.0. The van der Waals surface area contributed by atoms with Gasteiger partial charge in [0.15, 0.2) is 5.69 Å². The summed E-state index contributed by atoms with van der Waals surface area (Å²) in [5.74, 6) is 0.146. The van der Waals surface area contributed by atoms with E-state index in [-0.39, 0.29) is 11.1 Å². The zero-order valence-corrected chi connectivity index (χ0v) is 12.3. The molecule has 114 valence electrons. The van der Waals surface area contributed by atoms with E-state index in [1.54, 1.807) is 12.1 Å². The fourth-order valence-electron chi connectivity index (χ4n) is 3.81. The molecule has 1 aromatic rings. The lowest BCUT2D eigenvalue weighted by Gasteiger charge is -2.54. The Morgan fingerprint density at radius 3 is 2.76 bits per heavy atom. The fourth-order valence-corrected chi connectivity index (χ4v) is 3.81. The number of ether oxygens (including phenoxy) is 1. The van der Waals surface area contributed by atoms with Crippen LogP contribution in [0.1, 0.15) is 49.5 Å². The Balaban J connectivity index is 1.69. The molecule has 2 aliphatic carbocycles. The van der Waals surface area contributed by atoms with Gasteiger partial charge < -0.3 is 15.8 Å². The molecule has 0 aliphatic heterocycles. The van der Waals surface area contributed by atoms with Gasteiger partial charge in [-0.3, -0.25) is 4.79 Å². The molecular formula is C15H22N4O2. The van der Waals surface area contributed by atoms with E-state index in [4.69, 9.17) is 10.5 Å². The van der Waals surface area contributed by atoms with Gasteiger partial charge in [-0.1, -0.05) is 12.8 Å². The van der Waals surface area contributed by atoms with Crippen LogP contribution >= 0.6 is 0 Å². The number of carbonyl (C=O) groups excluding carboxylic acids is 1. The van der Waals surface area contributed by atoms with Gasteiger partial charge in [0.05, 0.1) is 6.10 Å². The normalized spacial score (nSPS) is 26.5. The molecule has 1 spiro atoms. The third-order valence-electron chi connectivity index (χ3n) is 4.93. The molecule has 0 unspecified atom stereocenters. The van der Waals surface area contributed by atoms with Gasteiger partial charge in [0.2, 0.25) is 0 Å². The van der Waals surface area contributed by atoms with Crippen LogP contribution in [0.5, 0.6) is 0 Å². The summed E-state index contributed by atoms with van der Waals surface area (Å²) in [4.78, 5) is 11.0. The lowest BCUT2D eigenvalue weighted by atomic mass is 9.60. The van der Waals surface area contributed by atoms with Crippen LogP contribution in [-0.2, 0) is 4.74 Å². The van der Waals surface area contributed by atoms with Crippen LogP contribution in [0.3, 0.4) is 0 Å². The molecule has 0 radical (unpaired) electrons. The quantitative estimate of drug-likeness (QED) is 0.861. The molecule has 2 atom stereocenters. The Hall–Kier alpha value is -1.69. The third kappa shape index (κ3) is 2.48. The molecule has 2 saturated carbocycles. The maximum Gasteiger partial charge on any atom is 0.269 e. The number of nitrogens with zero attached hydrogens (tertiary/aromatic N) is 2. The molecule has 2 fully saturated rings. The lowest BCUT2D eigenvalue weighted by molar-refractivity contribution is -0.114. The highest BCUT2D eigenvalue weighted by Crippen LogP contribution is 2.55. The minimum Gasteiger partial charge on any atom is -0.378 e. The predicted octanol–water partition coefficient (Wildman–Crippen LogP) is 1.73.